The van der Waals surface area contributed by atoms with Crippen LogP contribution in [0.25, 0.3) is 0 Å². The van der Waals surface area contributed by atoms with Crippen LogP contribution in [0, 0.1) is 13.8 Å². The number of sulfonamides is 1. The van der Waals surface area contributed by atoms with Crippen molar-refractivity contribution in [3.05, 3.63) is 41.3 Å². The molecule has 0 aliphatic rings. The molecule has 0 aliphatic heterocycles. The minimum Gasteiger partial charge on any atom is -0.467 e. The number of pyridine rings is 1. The first-order valence-electron chi connectivity index (χ1n) is 6.21. The van der Waals surface area contributed by atoms with Crippen LogP contribution in [0.15, 0.2) is 29.6 Å². The second-order valence-electron chi connectivity index (χ2n) is 4.42. The number of ether oxygens (including phenoxy) is 1. The summed E-state index contributed by atoms with van der Waals surface area (Å²) in [6.07, 6.45) is 2.55. The van der Waals surface area contributed by atoms with E-state index < -0.39 is 15.9 Å². The molecule has 2 aromatic rings. The Morgan fingerprint density at radius 1 is 1.27 bits per heavy atom. The fourth-order valence-corrected chi connectivity index (χ4v) is 2.89. The van der Waals surface area contributed by atoms with Gasteiger partial charge in [0.05, 0.1) is 18.4 Å². The third-order valence-electron chi connectivity index (χ3n) is 2.83. The van der Waals surface area contributed by atoms with Gasteiger partial charge in [0.2, 0.25) is 0 Å². The van der Waals surface area contributed by atoms with E-state index in [2.05, 4.69) is 15.0 Å². The van der Waals surface area contributed by atoms with Crippen molar-refractivity contribution >= 4 is 15.9 Å². The molecule has 2 aromatic heterocycles. The van der Waals surface area contributed by atoms with E-state index in [0.29, 0.717) is 11.3 Å². The van der Waals surface area contributed by atoms with Gasteiger partial charge in [-0.25, -0.2) is 14.7 Å². The third kappa shape index (κ3) is 3.19. The molecule has 22 heavy (non-hydrogen) atoms. The molecule has 2 rings (SSSR count). The van der Waals surface area contributed by atoms with Crippen molar-refractivity contribution in [1.82, 2.24) is 19.7 Å². The summed E-state index contributed by atoms with van der Waals surface area (Å²) in [5.74, 6) is -0.829. The molecule has 0 atom stereocenters. The molecular formula is C13H14N4O4S. The Bertz CT molecular complexity index is 821. The van der Waals surface area contributed by atoms with Crippen LogP contribution in [0.2, 0.25) is 0 Å². The molecule has 9 heteroatoms. The predicted molar refractivity (Wildman–Crippen MR) is 76.9 cm³/mol. The maximum absolute atomic E-state index is 12.2. The molecule has 116 valence electrons. The number of hydrogen-bond acceptors (Lipinski definition) is 7. The first-order chi connectivity index (χ1) is 10.3. The van der Waals surface area contributed by atoms with Gasteiger partial charge < -0.3 is 4.74 Å². The first-order valence-corrected chi connectivity index (χ1v) is 7.70. The highest BCUT2D eigenvalue weighted by Gasteiger charge is 2.23. The molecule has 1 N–H and O–H groups in total. The van der Waals surface area contributed by atoms with E-state index in [1.165, 1.54) is 19.5 Å². The number of rotatable bonds is 4. The van der Waals surface area contributed by atoms with Crippen molar-refractivity contribution in [3.63, 3.8) is 0 Å². The summed E-state index contributed by atoms with van der Waals surface area (Å²) in [4.78, 5) is 23.6. The molecule has 0 fully saturated rings. The number of methoxy groups -OCH3 is 1. The highest BCUT2D eigenvalue weighted by Crippen LogP contribution is 2.13. The molecule has 0 aromatic carbocycles. The number of amides is 1. The summed E-state index contributed by atoms with van der Waals surface area (Å²) in [5.41, 5.74) is 0.778. The van der Waals surface area contributed by atoms with Crippen LogP contribution in [0.4, 0.5) is 0 Å². The summed E-state index contributed by atoms with van der Waals surface area (Å²) in [6, 6.07) is 3.29. The molecule has 0 unspecified atom stereocenters. The Morgan fingerprint density at radius 3 is 2.59 bits per heavy atom. The normalized spacial score (nSPS) is 11.0. The van der Waals surface area contributed by atoms with E-state index in [4.69, 9.17) is 4.74 Å². The number of carbonyl (C=O) groups excluding carboxylic acids is 1. The van der Waals surface area contributed by atoms with Crippen molar-refractivity contribution < 1.29 is 17.9 Å². The van der Waals surface area contributed by atoms with Crippen LogP contribution in [0.3, 0.4) is 0 Å². The Balaban J connectivity index is 2.31. The Morgan fingerprint density at radius 2 is 2.00 bits per heavy atom. The second-order valence-corrected chi connectivity index (χ2v) is 6.01. The maximum Gasteiger partial charge on any atom is 0.316 e. The van der Waals surface area contributed by atoms with Gasteiger partial charge in [0.15, 0.2) is 5.03 Å². The Hall–Kier alpha value is -2.55. The lowest BCUT2D eigenvalue weighted by Gasteiger charge is -2.09. The summed E-state index contributed by atoms with van der Waals surface area (Å²) in [5, 5.41) is -0.199. The minimum atomic E-state index is -4.07. The van der Waals surface area contributed by atoms with Gasteiger partial charge in [-0.05, 0) is 25.5 Å². The lowest BCUT2D eigenvalue weighted by Crippen LogP contribution is -2.32. The topological polar surface area (TPSA) is 111 Å². The molecule has 0 saturated heterocycles. The highest BCUT2D eigenvalue weighted by atomic mass is 32.2. The SMILES string of the molecule is COc1ncc(C(=O)NS(=O)(=O)c2ncccc2C)c(C)n1. The monoisotopic (exact) mass is 322 g/mol. The summed E-state index contributed by atoms with van der Waals surface area (Å²) in [7, 11) is -2.68. The molecule has 2 heterocycles. The van der Waals surface area contributed by atoms with Crippen LogP contribution in [-0.2, 0) is 10.0 Å². The average Bonchev–Trinajstić information content (AvgIpc) is 2.46. The molecule has 0 aliphatic carbocycles. The van der Waals surface area contributed by atoms with Crippen molar-refractivity contribution in [3.8, 4) is 6.01 Å². The van der Waals surface area contributed by atoms with Crippen LogP contribution in [0.5, 0.6) is 6.01 Å². The molecule has 0 radical (unpaired) electrons. The van der Waals surface area contributed by atoms with Gasteiger partial charge in [-0.3, -0.25) is 4.79 Å². The van der Waals surface area contributed by atoms with Crippen molar-refractivity contribution in [1.29, 1.82) is 0 Å². The van der Waals surface area contributed by atoms with Crippen LogP contribution in [-0.4, -0.2) is 36.4 Å². The number of aryl methyl sites for hydroxylation is 2. The fraction of sp³-hybridized carbons (Fsp3) is 0.231. The van der Waals surface area contributed by atoms with E-state index in [9.17, 15) is 13.2 Å². The number of nitrogens with one attached hydrogen (secondary N) is 1. The fourth-order valence-electron chi connectivity index (χ4n) is 1.74. The van der Waals surface area contributed by atoms with Crippen LogP contribution >= 0.6 is 0 Å². The summed E-state index contributed by atoms with van der Waals surface area (Å²) >= 11 is 0. The first kappa shape index (κ1) is 15.8. The smallest absolute Gasteiger partial charge is 0.316 e. The van der Waals surface area contributed by atoms with Gasteiger partial charge in [0.25, 0.3) is 15.9 Å². The number of nitrogens with zero attached hydrogens (tertiary/aromatic N) is 3. The van der Waals surface area contributed by atoms with Gasteiger partial charge in [0, 0.05) is 12.4 Å². The maximum atomic E-state index is 12.2. The summed E-state index contributed by atoms with van der Waals surface area (Å²) in [6.45, 7) is 3.14. The molecule has 8 nitrogen and oxygen atoms in total. The standard InChI is InChI=1S/C13H14N4O4S/c1-8-5-4-6-14-12(8)22(19,20)17-11(18)10-7-15-13(21-3)16-9(10)2/h4-7H,1-3H3,(H,17,18). The highest BCUT2D eigenvalue weighted by molar-refractivity contribution is 7.90. The molecule has 0 spiro atoms. The molecule has 0 bridgehead atoms. The minimum absolute atomic E-state index is 0.0398. The van der Waals surface area contributed by atoms with Gasteiger partial charge in [-0.1, -0.05) is 6.07 Å². The van der Waals surface area contributed by atoms with Crippen LogP contribution in [0.1, 0.15) is 21.6 Å². The number of carbonyl (C=O) groups is 1. The van der Waals surface area contributed by atoms with E-state index in [1.807, 2.05) is 4.72 Å². The van der Waals surface area contributed by atoms with Crippen LogP contribution < -0.4 is 9.46 Å². The van der Waals surface area contributed by atoms with E-state index in [-0.39, 0.29) is 16.6 Å². The van der Waals surface area contributed by atoms with Gasteiger partial charge >= 0.3 is 6.01 Å². The van der Waals surface area contributed by atoms with Crippen molar-refractivity contribution in [2.75, 3.05) is 7.11 Å². The zero-order valence-electron chi connectivity index (χ0n) is 12.2. The molecule has 0 saturated carbocycles. The Kier molecular flexibility index (Phi) is 4.36. The van der Waals surface area contributed by atoms with E-state index >= 15 is 0 Å². The molecular weight excluding hydrogens is 308 g/mol. The Labute approximate surface area is 127 Å². The lowest BCUT2D eigenvalue weighted by molar-refractivity contribution is 0.0979. The predicted octanol–water partition coefficient (Wildman–Crippen LogP) is 0.616. The summed E-state index contributed by atoms with van der Waals surface area (Å²) < 4.78 is 31.2. The van der Waals surface area contributed by atoms with Gasteiger partial charge in [0.1, 0.15) is 0 Å². The van der Waals surface area contributed by atoms with Gasteiger partial charge in [-0.2, -0.15) is 13.4 Å². The quantitative estimate of drug-likeness (QED) is 0.878. The molecule has 1 amide bonds. The van der Waals surface area contributed by atoms with Crippen molar-refractivity contribution in [2.45, 2.75) is 18.9 Å². The number of aromatic nitrogens is 3. The van der Waals surface area contributed by atoms with E-state index in [1.54, 1.807) is 26.0 Å². The average molecular weight is 322 g/mol. The lowest BCUT2D eigenvalue weighted by atomic mass is 10.2. The van der Waals surface area contributed by atoms with Crippen molar-refractivity contribution in [2.24, 2.45) is 0 Å². The zero-order valence-corrected chi connectivity index (χ0v) is 13.0. The second kappa shape index (κ2) is 6.06. The third-order valence-corrected chi connectivity index (χ3v) is 4.22. The zero-order chi connectivity index (χ0) is 16.3. The van der Waals surface area contributed by atoms with Gasteiger partial charge in [-0.15, -0.1) is 0 Å². The number of hydrogen-bond donors (Lipinski definition) is 1. The van der Waals surface area contributed by atoms with E-state index in [0.717, 1.165) is 0 Å². The largest absolute Gasteiger partial charge is 0.467 e.